The normalized spacial score (nSPS) is 24.1. The minimum absolute atomic E-state index is 0.0121. The maximum Gasteiger partial charge on any atom is 0.229 e. The highest BCUT2D eigenvalue weighted by atomic mass is 19.1. The number of nitrogens with one attached hydrogen (secondary N) is 1. The van der Waals surface area contributed by atoms with E-state index in [2.05, 4.69) is 20.4 Å². The van der Waals surface area contributed by atoms with Crippen LogP contribution < -0.4 is 15.8 Å². The van der Waals surface area contributed by atoms with Crippen molar-refractivity contribution in [2.75, 3.05) is 12.4 Å². The third kappa shape index (κ3) is 4.16. The fraction of sp³-hybridized carbons (Fsp3) is 0.346. The highest BCUT2D eigenvalue weighted by molar-refractivity contribution is 5.66. The number of benzene rings is 1. The number of imidazole rings is 1. The number of rotatable bonds is 5. The van der Waals surface area contributed by atoms with Crippen LogP contribution in [0.4, 0.5) is 20.4 Å². The number of halogens is 2. The quantitative estimate of drug-likeness (QED) is 0.377. The third-order valence-corrected chi connectivity index (χ3v) is 7.36. The number of hydrogen-bond acceptors (Lipinski definition) is 7. The first-order valence-corrected chi connectivity index (χ1v) is 11.8. The molecule has 1 aliphatic rings. The van der Waals surface area contributed by atoms with E-state index >= 15 is 0 Å². The Kier molecular flexibility index (Phi) is 6.09. The molecule has 36 heavy (non-hydrogen) atoms. The number of aliphatic hydroxyl groups is 1. The fourth-order valence-corrected chi connectivity index (χ4v) is 4.93. The van der Waals surface area contributed by atoms with Crippen molar-refractivity contribution in [3.05, 3.63) is 66.1 Å². The standard InChI is InChI=1S/C26H28F2N6O2/c1-14-8-15(9-23(29)26(14,2)35)18-6-7-30-13-22(18)32-25-31-12-16-4-5-21(33-34(16)25)24-19(27)10-17(36-3)11-20(24)28/h4-7,10-15,23,35H,8-9,29H2,1-3H3,(H,31,32)/t14-,15+,23+,26+/m0/s1. The summed E-state index contributed by atoms with van der Waals surface area (Å²) in [6.07, 6.45) is 6.42. The van der Waals surface area contributed by atoms with Crippen LogP contribution in [0.2, 0.25) is 0 Å². The van der Waals surface area contributed by atoms with Crippen LogP contribution in [-0.2, 0) is 0 Å². The van der Waals surface area contributed by atoms with Gasteiger partial charge in [0.2, 0.25) is 5.95 Å². The largest absolute Gasteiger partial charge is 0.497 e. The van der Waals surface area contributed by atoms with Crippen LogP contribution in [-0.4, -0.2) is 43.4 Å². The number of nitrogens with two attached hydrogens (primary N) is 1. The summed E-state index contributed by atoms with van der Waals surface area (Å²) in [5.41, 5.74) is 7.63. The Morgan fingerprint density at radius 3 is 2.61 bits per heavy atom. The molecule has 1 aromatic carbocycles. The molecule has 0 unspecified atom stereocenters. The summed E-state index contributed by atoms with van der Waals surface area (Å²) in [4.78, 5) is 8.69. The van der Waals surface area contributed by atoms with Gasteiger partial charge in [-0.1, -0.05) is 6.92 Å². The zero-order valence-corrected chi connectivity index (χ0v) is 20.2. The Morgan fingerprint density at radius 1 is 1.17 bits per heavy atom. The molecule has 5 rings (SSSR count). The Balaban J connectivity index is 1.50. The molecule has 1 fully saturated rings. The van der Waals surface area contributed by atoms with Crippen molar-refractivity contribution in [3.63, 3.8) is 0 Å². The molecule has 0 amide bonds. The number of ether oxygens (including phenoxy) is 1. The maximum atomic E-state index is 14.7. The van der Waals surface area contributed by atoms with Gasteiger partial charge < -0.3 is 20.9 Å². The fourth-order valence-electron chi connectivity index (χ4n) is 4.93. The molecule has 0 aliphatic heterocycles. The molecule has 0 spiro atoms. The lowest BCUT2D eigenvalue weighted by Crippen LogP contribution is -2.54. The van der Waals surface area contributed by atoms with E-state index < -0.39 is 17.2 Å². The molecule has 4 atom stereocenters. The van der Waals surface area contributed by atoms with E-state index in [1.165, 1.54) is 11.6 Å². The molecule has 0 bridgehead atoms. The number of aromatic nitrogens is 4. The topological polar surface area (TPSA) is 111 Å². The van der Waals surface area contributed by atoms with E-state index in [9.17, 15) is 13.9 Å². The third-order valence-electron chi connectivity index (χ3n) is 7.36. The highest BCUT2D eigenvalue weighted by Crippen LogP contribution is 2.43. The van der Waals surface area contributed by atoms with Gasteiger partial charge in [-0.3, -0.25) is 4.98 Å². The summed E-state index contributed by atoms with van der Waals surface area (Å²) in [5.74, 6) is -0.975. The van der Waals surface area contributed by atoms with E-state index in [4.69, 9.17) is 10.5 Å². The molecule has 3 heterocycles. The number of pyridine rings is 1. The number of methoxy groups -OCH3 is 1. The zero-order chi connectivity index (χ0) is 25.6. The molecule has 0 saturated heterocycles. The van der Waals surface area contributed by atoms with E-state index in [1.807, 2.05) is 13.0 Å². The lowest BCUT2D eigenvalue weighted by molar-refractivity contribution is -0.0463. The molecule has 3 aromatic heterocycles. The monoisotopic (exact) mass is 494 g/mol. The molecule has 188 valence electrons. The van der Waals surface area contributed by atoms with Crippen molar-refractivity contribution in [2.45, 2.75) is 44.2 Å². The SMILES string of the molecule is COc1cc(F)c(-c2ccc3cnc(Nc4cnccc4[C@H]4C[C@@H](N)[C@](C)(O)[C@@H](C)C4)n3n2)c(F)c1. The predicted octanol–water partition coefficient (Wildman–Crippen LogP) is 4.41. The predicted molar refractivity (Wildman–Crippen MR) is 132 cm³/mol. The summed E-state index contributed by atoms with van der Waals surface area (Å²) in [5, 5.41) is 18.5. The van der Waals surface area contributed by atoms with Crippen LogP contribution >= 0.6 is 0 Å². The molecule has 10 heteroatoms. The van der Waals surface area contributed by atoms with Gasteiger partial charge in [-0.05, 0) is 55.4 Å². The Morgan fingerprint density at radius 2 is 1.92 bits per heavy atom. The van der Waals surface area contributed by atoms with Crippen molar-refractivity contribution < 1.29 is 18.6 Å². The number of anilines is 2. The lowest BCUT2D eigenvalue weighted by Gasteiger charge is -2.44. The molecule has 8 nitrogen and oxygen atoms in total. The summed E-state index contributed by atoms with van der Waals surface area (Å²) in [7, 11) is 1.35. The summed E-state index contributed by atoms with van der Waals surface area (Å²) >= 11 is 0. The number of nitrogens with zero attached hydrogens (tertiary/aromatic N) is 4. The van der Waals surface area contributed by atoms with Crippen LogP contribution in [0.1, 0.15) is 38.2 Å². The van der Waals surface area contributed by atoms with Crippen molar-refractivity contribution in [2.24, 2.45) is 11.7 Å². The Hall–Kier alpha value is -3.63. The van der Waals surface area contributed by atoms with Gasteiger partial charge in [0.1, 0.15) is 17.4 Å². The minimum Gasteiger partial charge on any atom is -0.497 e. The van der Waals surface area contributed by atoms with Crippen LogP contribution in [0, 0.1) is 17.6 Å². The van der Waals surface area contributed by atoms with Gasteiger partial charge in [-0.15, -0.1) is 0 Å². The van der Waals surface area contributed by atoms with Crippen molar-refractivity contribution in [1.29, 1.82) is 0 Å². The highest BCUT2D eigenvalue weighted by Gasteiger charge is 2.42. The second kappa shape index (κ2) is 9.11. The van der Waals surface area contributed by atoms with Gasteiger partial charge in [0.25, 0.3) is 0 Å². The van der Waals surface area contributed by atoms with Gasteiger partial charge in [0, 0.05) is 24.4 Å². The van der Waals surface area contributed by atoms with Gasteiger partial charge in [0.15, 0.2) is 0 Å². The Labute approximate surface area is 207 Å². The van der Waals surface area contributed by atoms with Crippen LogP contribution in [0.25, 0.3) is 16.8 Å². The van der Waals surface area contributed by atoms with Crippen molar-refractivity contribution >= 4 is 17.2 Å². The molecule has 4 aromatic rings. The average molecular weight is 495 g/mol. The van der Waals surface area contributed by atoms with Crippen LogP contribution in [0.5, 0.6) is 5.75 Å². The minimum atomic E-state index is -0.928. The smallest absolute Gasteiger partial charge is 0.229 e. The van der Waals surface area contributed by atoms with E-state index in [-0.39, 0.29) is 34.9 Å². The van der Waals surface area contributed by atoms with Gasteiger partial charge in [-0.2, -0.15) is 9.61 Å². The van der Waals surface area contributed by atoms with E-state index in [0.717, 1.165) is 29.8 Å². The lowest BCUT2D eigenvalue weighted by atomic mass is 9.68. The molecular formula is C26H28F2N6O2. The average Bonchev–Trinajstić information content (AvgIpc) is 3.24. The zero-order valence-electron chi connectivity index (χ0n) is 20.2. The van der Waals surface area contributed by atoms with E-state index in [0.29, 0.717) is 17.9 Å². The summed E-state index contributed by atoms with van der Waals surface area (Å²) < 4.78 is 35.8. The number of hydrogen-bond donors (Lipinski definition) is 3. The first kappa shape index (κ1) is 24.1. The maximum absolute atomic E-state index is 14.7. The van der Waals surface area contributed by atoms with Crippen LogP contribution in [0.3, 0.4) is 0 Å². The Bertz CT molecular complexity index is 1390. The summed E-state index contributed by atoms with van der Waals surface area (Å²) in [6, 6.07) is 7.04. The molecular weight excluding hydrogens is 466 g/mol. The molecule has 0 radical (unpaired) electrons. The van der Waals surface area contributed by atoms with Gasteiger partial charge in [0.05, 0.1) is 47.6 Å². The summed E-state index contributed by atoms with van der Waals surface area (Å²) in [6.45, 7) is 3.80. The molecule has 1 saturated carbocycles. The van der Waals surface area contributed by atoms with Crippen molar-refractivity contribution in [1.82, 2.24) is 19.6 Å². The van der Waals surface area contributed by atoms with Crippen LogP contribution in [0.15, 0.2) is 48.9 Å². The first-order valence-electron chi connectivity index (χ1n) is 11.8. The van der Waals surface area contributed by atoms with E-state index in [1.54, 1.807) is 37.6 Å². The second-order valence-corrected chi connectivity index (χ2v) is 9.59. The number of fused-ring (bicyclic) bond motifs is 1. The molecule has 4 N–H and O–H groups in total. The second-order valence-electron chi connectivity index (χ2n) is 9.59. The first-order chi connectivity index (χ1) is 17.2. The molecule has 1 aliphatic carbocycles. The van der Waals surface area contributed by atoms with Crippen molar-refractivity contribution in [3.8, 4) is 17.0 Å². The van der Waals surface area contributed by atoms with Gasteiger partial charge >= 0.3 is 0 Å². The van der Waals surface area contributed by atoms with Gasteiger partial charge in [-0.25, -0.2) is 13.8 Å².